The van der Waals surface area contributed by atoms with Gasteiger partial charge in [0.25, 0.3) is 0 Å². The number of rotatable bonds is 5. The third-order valence-corrected chi connectivity index (χ3v) is 4.52. The van der Waals surface area contributed by atoms with Crippen molar-refractivity contribution in [2.45, 2.75) is 65.0 Å². The van der Waals surface area contributed by atoms with Crippen molar-refractivity contribution >= 4 is 22.4 Å². The second-order valence-corrected chi connectivity index (χ2v) is 6.50. The Morgan fingerprint density at radius 3 is 2.58 bits per heavy atom. The molecule has 0 aromatic carbocycles. The van der Waals surface area contributed by atoms with E-state index < -0.39 is 0 Å². The molecular weight excluding hydrogens is 258 g/mol. The maximum absolute atomic E-state index is 5.88. The third-order valence-electron chi connectivity index (χ3n) is 3.74. The molecule has 0 radical (unpaired) electrons. The van der Waals surface area contributed by atoms with E-state index in [1.807, 2.05) is 13.8 Å². The number of nitrogen functional groups attached to an aromatic ring is 1. The summed E-state index contributed by atoms with van der Waals surface area (Å²) in [6.45, 7) is 6.27. The number of hydrogen-bond acceptors (Lipinski definition) is 5. The van der Waals surface area contributed by atoms with Gasteiger partial charge in [-0.2, -0.15) is 4.37 Å². The highest BCUT2D eigenvalue weighted by molar-refractivity contribution is 7.11. The summed E-state index contributed by atoms with van der Waals surface area (Å²) in [6, 6.07) is 0.453. The Kier molecular flexibility index (Phi) is 4.91. The minimum absolute atomic E-state index is 0.115. The van der Waals surface area contributed by atoms with E-state index >= 15 is 0 Å². The lowest BCUT2D eigenvalue weighted by Crippen LogP contribution is -2.27. The van der Waals surface area contributed by atoms with Gasteiger partial charge in [-0.05, 0) is 51.1 Å². The zero-order chi connectivity index (χ0) is 13.8. The van der Waals surface area contributed by atoms with Gasteiger partial charge in [0.15, 0.2) is 16.6 Å². The number of nitrogens with one attached hydrogen (secondary N) is 1. The van der Waals surface area contributed by atoms with E-state index in [4.69, 9.17) is 10.5 Å². The number of hydrogen-bond donors (Lipinski definition) is 2. The summed E-state index contributed by atoms with van der Waals surface area (Å²) in [5.41, 5.74) is 5.88. The highest BCUT2D eigenvalue weighted by Crippen LogP contribution is 2.38. The minimum Gasteiger partial charge on any atom is -0.484 e. The molecule has 5 heteroatoms. The summed E-state index contributed by atoms with van der Waals surface area (Å²) in [6.07, 6.45) is 6.86. The minimum atomic E-state index is 0.115. The van der Waals surface area contributed by atoms with Gasteiger partial charge in [0.2, 0.25) is 0 Å². The highest BCUT2D eigenvalue weighted by atomic mass is 32.1. The molecule has 0 aliphatic heterocycles. The van der Waals surface area contributed by atoms with Gasteiger partial charge in [-0.3, -0.25) is 0 Å². The van der Waals surface area contributed by atoms with Gasteiger partial charge in [-0.1, -0.05) is 19.3 Å². The predicted molar refractivity (Wildman–Crippen MR) is 82.0 cm³/mol. The summed E-state index contributed by atoms with van der Waals surface area (Å²) in [7, 11) is 0. The number of nitrogens with zero attached hydrogens (tertiary/aromatic N) is 1. The Balaban J connectivity index is 2.01. The first-order valence-corrected chi connectivity index (χ1v) is 8.03. The number of aromatic nitrogens is 1. The molecule has 0 saturated heterocycles. The van der Waals surface area contributed by atoms with E-state index in [0.29, 0.717) is 11.9 Å². The van der Waals surface area contributed by atoms with Crippen molar-refractivity contribution in [1.82, 2.24) is 4.37 Å². The number of anilines is 2. The topological polar surface area (TPSA) is 60.2 Å². The first-order valence-electron chi connectivity index (χ1n) is 7.26. The summed E-state index contributed by atoms with van der Waals surface area (Å²) in [5.74, 6) is 1.98. The molecule has 1 fully saturated rings. The Morgan fingerprint density at radius 1 is 1.26 bits per heavy atom. The molecule has 19 heavy (non-hydrogen) atoms. The van der Waals surface area contributed by atoms with Gasteiger partial charge in [0.1, 0.15) is 0 Å². The van der Waals surface area contributed by atoms with E-state index in [1.54, 1.807) is 0 Å². The molecule has 1 aliphatic rings. The van der Waals surface area contributed by atoms with Crippen LogP contribution >= 0.6 is 11.5 Å². The van der Waals surface area contributed by atoms with Gasteiger partial charge in [0.05, 0.1) is 6.10 Å². The second kappa shape index (κ2) is 6.46. The van der Waals surface area contributed by atoms with Crippen LogP contribution in [-0.4, -0.2) is 16.5 Å². The van der Waals surface area contributed by atoms with Crippen LogP contribution < -0.4 is 15.8 Å². The normalized spacial score (nSPS) is 18.5. The van der Waals surface area contributed by atoms with Crippen molar-refractivity contribution in [3.05, 3.63) is 0 Å². The van der Waals surface area contributed by atoms with Crippen LogP contribution in [0.15, 0.2) is 0 Å². The fourth-order valence-electron chi connectivity index (χ4n) is 2.69. The van der Waals surface area contributed by atoms with Gasteiger partial charge < -0.3 is 15.8 Å². The second-order valence-electron chi connectivity index (χ2n) is 5.72. The summed E-state index contributed by atoms with van der Waals surface area (Å²) >= 11 is 1.40. The molecule has 1 atom stereocenters. The van der Waals surface area contributed by atoms with Crippen molar-refractivity contribution in [3.8, 4) is 5.75 Å². The van der Waals surface area contributed by atoms with Gasteiger partial charge >= 0.3 is 0 Å². The predicted octanol–water partition coefficient (Wildman–Crippen LogP) is 3.89. The summed E-state index contributed by atoms with van der Waals surface area (Å²) < 4.78 is 9.96. The van der Waals surface area contributed by atoms with Crippen LogP contribution in [0.25, 0.3) is 0 Å². The average Bonchev–Trinajstić information content (AvgIpc) is 2.72. The number of ether oxygens (including phenoxy) is 1. The Morgan fingerprint density at radius 2 is 1.95 bits per heavy atom. The van der Waals surface area contributed by atoms with E-state index in [2.05, 4.69) is 16.6 Å². The van der Waals surface area contributed by atoms with Crippen molar-refractivity contribution in [3.63, 3.8) is 0 Å². The van der Waals surface area contributed by atoms with Crippen molar-refractivity contribution < 1.29 is 4.74 Å². The first-order chi connectivity index (χ1) is 9.08. The Bertz CT molecular complexity index is 399. The van der Waals surface area contributed by atoms with Gasteiger partial charge in [-0.15, -0.1) is 0 Å². The van der Waals surface area contributed by atoms with E-state index in [0.717, 1.165) is 16.7 Å². The Labute approximate surface area is 119 Å². The van der Waals surface area contributed by atoms with Gasteiger partial charge in [-0.25, -0.2) is 0 Å². The standard InChI is InChI=1S/C14H25N3OS/c1-9(2)18-12-13(15)17-19-14(12)16-10(3)11-7-5-4-6-8-11/h9-11,16H,4-8H2,1-3H3,(H2,15,17). The zero-order valence-electron chi connectivity index (χ0n) is 12.1. The van der Waals surface area contributed by atoms with E-state index in [1.165, 1.54) is 43.6 Å². The van der Waals surface area contributed by atoms with Crippen LogP contribution in [0.1, 0.15) is 52.9 Å². The quantitative estimate of drug-likeness (QED) is 0.860. The van der Waals surface area contributed by atoms with Crippen LogP contribution in [0, 0.1) is 5.92 Å². The molecule has 1 saturated carbocycles. The molecular formula is C14H25N3OS. The summed E-state index contributed by atoms with van der Waals surface area (Å²) in [4.78, 5) is 0. The van der Waals surface area contributed by atoms with Crippen LogP contribution in [0.2, 0.25) is 0 Å². The molecule has 1 heterocycles. The van der Waals surface area contributed by atoms with E-state index in [-0.39, 0.29) is 6.10 Å². The lowest BCUT2D eigenvalue weighted by atomic mass is 9.84. The van der Waals surface area contributed by atoms with Crippen LogP contribution in [0.3, 0.4) is 0 Å². The van der Waals surface area contributed by atoms with Crippen molar-refractivity contribution in [2.75, 3.05) is 11.1 Å². The smallest absolute Gasteiger partial charge is 0.197 e. The van der Waals surface area contributed by atoms with E-state index in [9.17, 15) is 0 Å². The molecule has 1 unspecified atom stereocenters. The fourth-order valence-corrected chi connectivity index (χ4v) is 3.44. The molecule has 108 valence electrons. The highest BCUT2D eigenvalue weighted by Gasteiger charge is 2.23. The van der Waals surface area contributed by atoms with Crippen molar-refractivity contribution in [1.29, 1.82) is 0 Å². The molecule has 0 spiro atoms. The molecule has 2 rings (SSSR count). The third kappa shape index (κ3) is 3.75. The van der Waals surface area contributed by atoms with Crippen LogP contribution in [-0.2, 0) is 0 Å². The average molecular weight is 283 g/mol. The fraction of sp³-hybridized carbons (Fsp3) is 0.786. The maximum atomic E-state index is 5.88. The molecule has 0 bridgehead atoms. The lowest BCUT2D eigenvalue weighted by molar-refractivity contribution is 0.245. The largest absolute Gasteiger partial charge is 0.484 e. The zero-order valence-corrected chi connectivity index (χ0v) is 12.9. The van der Waals surface area contributed by atoms with Crippen LogP contribution in [0.5, 0.6) is 5.75 Å². The molecule has 0 amide bonds. The SMILES string of the molecule is CC(C)Oc1c(N)nsc1NC(C)C1CCCCC1. The van der Waals surface area contributed by atoms with Crippen LogP contribution in [0.4, 0.5) is 10.8 Å². The summed E-state index contributed by atoms with van der Waals surface area (Å²) in [5, 5.41) is 4.53. The lowest BCUT2D eigenvalue weighted by Gasteiger charge is -2.28. The maximum Gasteiger partial charge on any atom is 0.197 e. The molecule has 1 aliphatic carbocycles. The van der Waals surface area contributed by atoms with Gasteiger partial charge in [0, 0.05) is 6.04 Å². The molecule has 1 aromatic heterocycles. The molecule has 4 nitrogen and oxygen atoms in total. The molecule has 3 N–H and O–H groups in total. The number of nitrogens with two attached hydrogens (primary N) is 1. The monoisotopic (exact) mass is 283 g/mol. The molecule has 1 aromatic rings. The first kappa shape index (κ1) is 14.4. The van der Waals surface area contributed by atoms with Crippen molar-refractivity contribution in [2.24, 2.45) is 5.92 Å². The Hall–Kier alpha value is -0.970.